The second-order valence-corrected chi connectivity index (χ2v) is 5.11. The van der Waals surface area contributed by atoms with Gasteiger partial charge < -0.3 is 9.84 Å². The van der Waals surface area contributed by atoms with E-state index in [2.05, 4.69) is 0 Å². The van der Waals surface area contributed by atoms with Crippen LogP contribution in [0.25, 0.3) is 0 Å². The second kappa shape index (κ2) is 6.29. The van der Waals surface area contributed by atoms with Crippen LogP contribution in [0.3, 0.4) is 0 Å². The summed E-state index contributed by atoms with van der Waals surface area (Å²) < 4.78 is 5.24. The van der Waals surface area contributed by atoms with Crippen LogP contribution in [0.1, 0.15) is 17.2 Å². The summed E-state index contributed by atoms with van der Waals surface area (Å²) >= 11 is 11.8. The predicted molar refractivity (Wildman–Crippen MR) is 78.1 cm³/mol. The van der Waals surface area contributed by atoms with Gasteiger partial charge in [0.05, 0.1) is 13.2 Å². The first-order valence-electron chi connectivity index (χ1n) is 5.86. The summed E-state index contributed by atoms with van der Waals surface area (Å²) in [5, 5.41) is 11.6. The topological polar surface area (TPSA) is 29.5 Å². The molecule has 2 aromatic carbocycles. The van der Waals surface area contributed by atoms with Crippen LogP contribution in [-0.4, -0.2) is 12.2 Å². The average molecular weight is 297 g/mol. The maximum atomic E-state index is 10.3. The molecule has 0 aliphatic heterocycles. The van der Waals surface area contributed by atoms with Gasteiger partial charge in [-0.2, -0.15) is 0 Å². The highest BCUT2D eigenvalue weighted by molar-refractivity contribution is 6.30. The molecule has 0 spiro atoms. The number of methoxy groups -OCH3 is 1. The average Bonchev–Trinajstić information content (AvgIpc) is 2.41. The molecule has 0 radical (unpaired) electrons. The van der Waals surface area contributed by atoms with Gasteiger partial charge in [-0.3, -0.25) is 0 Å². The molecule has 0 saturated carbocycles. The van der Waals surface area contributed by atoms with E-state index in [0.717, 1.165) is 5.56 Å². The van der Waals surface area contributed by atoms with Crippen molar-refractivity contribution in [3.05, 3.63) is 63.6 Å². The summed E-state index contributed by atoms with van der Waals surface area (Å²) in [5.74, 6) is 0.630. The number of benzene rings is 2. The smallest absolute Gasteiger partial charge is 0.124 e. The number of ether oxygens (including phenoxy) is 1. The van der Waals surface area contributed by atoms with Crippen molar-refractivity contribution in [1.29, 1.82) is 0 Å². The molecule has 0 aliphatic carbocycles. The Kier molecular flexibility index (Phi) is 4.70. The van der Waals surface area contributed by atoms with Crippen LogP contribution < -0.4 is 4.74 Å². The summed E-state index contributed by atoms with van der Waals surface area (Å²) in [6.45, 7) is 0. The van der Waals surface area contributed by atoms with E-state index < -0.39 is 6.10 Å². The number of hydrogen-bond donors (Lipinski definition) is 1. The number of hydrogen-bond acceptors (Lipinski definition) is 2. The van der Waals surface area contributed by atoms with E-state index in [1.54, 1.807) is 37.4 Å². The quantitative estimate of drug-likeness (QED) is 0.912. The monoisotopic (exact) mass is 296 g/mol. The summed E-state index contributed by atoms with van der Waals surface area (Å²) in [6.07, 6.45) is -0.191. The Morgan fingerprint density at radius 3 is 2.32 bits per heavy atom. The zero-order chi connectivity index (χ0) is 13.8. The van der Waals surface area contributed by atoms with Gasteiger partial charge >= 0.3 is 0 Å². The van der Waals surface area contributed by atoms with Gasteiger partial charge in [-0.1, -0.05) is 35.3 Å². The Morgan fingerprint density at radius 1 is 1.05 bits per heavy atom. The molecule has 2 rings (SSSR count). The number of halogens is 2. The van der Waals surface area contributed by atoms with Crippen molar-refractivity contribution in [2.24, 2.45) is 0 Å². The van der Waals surface area contributed by atoms with Gasteiger partial charge in [0.25, 0.3) is 0 Å². The molecule has 1 unspecified atom stereocenters. The Hall–Kier alpha value is -1.22. The van der Waals surface area contributed by atoms with Crippen molar-refractivity contribution in [1.82, 2.24) is 0 Å². The largest absolute Gasteiger partial charge is 0.496 e. The summed E-state index contributed by atoms with van der Waals surface area (Å²) in [5.41, 5.74) is 1.68. The van der Waals surface area contributed by atoms with E-state index in [-0.39, 0.29) is 0 Å². The van der Waals surface area contributed by atoms with Crippen molar-refractivity contribution < 1.29 is 9.84 Å². The van der Waals surface area contributed by atoms with Gasteiger partial charge in [0.15, 0.2) is 0 Å². The fourth-order valence-electron chi connectivity index (χ4n) is 1.92. The fraction of sp³-hybridized carbons (Fsp3) is 0.200. The van der Waals surface area contributed by atoms with Gasteiger partial charge in [0, 0.05) is 22.0 Å². The molecular weight excluding hydrogens is 283 g/mol. The van der Waals surface area contributed by atoms with Crippen molar-refractivity contribution in [2.45, 2.75) is 12.5 Å². The Bertz CT molecular complexity index is 553. The Balaban J connectivity index is 2.21. The summed E-state index contributed by atoms with van der Waals surface area (Å²) in [6, 6.07) is 12.6. The van der Waals surface area contributed by atoms with Crippen LogP contribution in [-0.2, 0) is 6.42 Å². The van der Waals surface area contributed by atoms with Gasteiger partial charge in [-0.15, -0.1) is 0 Å². The van der Waals surface area contributed by atoms with Gasteiger partial charge in [-0.05, 0) is 35.9 Å². The van der Waals surface area contributed by atoms with Crippen LogP contribution in [0.5, 0.6) is 5.75 Å². The van der Waals surface area contributed by atoms with Crippen LogP contribution in [0, 0.1) is 0 Å². The second-order valence-electron chi connectivity index (χ2n) is 4.23. The highest BCUT2D eigenvalue weighted by atomic mass is 35.5. The Morgan fingerprint density at radius 2 is 1.68 bits per heavy atom. The van der Waals surface area contributed by atoms with E-state index in [4.69, 9.17) is 27.9 Å². The van der Waals surface area contributed by atoms with Crippen molar-refractivity contribution in [3.63, 3.8) is 0 Å². The number of aliphatic hydroxyl groups is 1. The number of aliphatic hydroxyl groups excluding tert-OH is 1. The first-order chi connectivity index (χ1) is 9.10. The molecule has 19 heavy (non-hydrogen) atoms. The van der Waals surface area contributed by atoms with Crippen LogP contribution in [0.4, 0.5) is 0 Å². The standard InChI is InChI=1S/C15H14Cl2O2/c1-19-15-7-6-12(17)9-13(15)14(18)8-10-2-4-11(16)5-3-10/h2-7,9,14,18H,8H2,1H3. The molecule has 0 amide bonds. The molecule has 0 bridgehead atoms. The zero-order valence-electron chi connectivity index (χ0n) is 10.4. The number of rotatable bonds is 4. The minimum Gasteiger partial charge on any atom is -0.496 e. The minimum atomic E-state index is -0.671. The first-order valence-corrected chi connectivity index (χ1v) is 6.61. The SMILES string of the molecule is COc1ccc(Cl)cc1C(O)Cc1ccc(Cl)cc1. The van der Waals surface area contributed by atoms with Gasteiger partial charge in [-0.25, -0.2) is 0 Å². The minimum absolute atomic E-state index is 0.480. The van der Waals surface area contributed by atoms with Crippen LogP contribution in [0.15, 0.2) is 42.5 Å². The third kappa shape index (κ3) is 3.63. The highest BCUT2D eigenvalue weighted by Crippen LogP contribution is 2.30. The molecule has 100 valence electrons. The lowest BCUT2D eigenvalue weighted by molar-refractivity contribution is 0.174. The normalized spacial score (nSPS) is 12.2. The summed E-state index contributed by atoms with van der Waals surface area (Å²) in [4.78, 5) is 0. The zero-order valence-corrected chi connectivity index (χ0v) is 11.9. The van der Waals surface area contributed by atoms with Crippen molar-refractivity contribution in [2.75, 3.05) is 7.11 Å². The molecule has 0 aromatic heterocycles. The lowest BCUT2D eigenvalue weighted by atomic mass is 10.0. The van der Waals surface area contributed by atoms with Crippen LogP contribution in [0.2, 0.25) is 10.0 Å². The molecular formula is C15H14Cl2O2. The maximum absolute atomic E-state index is 10.3. The maximum Gasteiger partial charge on any atom is 0.124 e. The predicted octanol–water partition coefficient (Wildman–Crippen LogP) is 4.28. The van der Waals surface area contributed by atoms with Crippen LogP contribution >= 0.6 is 23.2 Å². The van der Waals surface area contributed by atoms with Crippen molar-refractivity contribution in [3.8, 4) is 5.75 Å². The molecule has 4 heteroatoms. The van der Waals surface area contributed by atoms with E-state index >= 15 is 0 Å². The fourth-order valence-corrected chi connectivity index (χ4v) is 2.23. The third-order valence-electron chi connectivity index (χ3n) is 2.89. The molecule has 0 fully saturated rings. The molecule has 2 aromatic rings. The van der Waals surface area contributed by atoms with E-state index in [9.17, 15) is 5.11 Å². The van der Waals surface area contributed by atoms with Crippen molar-refractivity contribution >= 4 is 23.2 Å². The third-order valence-corrected chi connectivity index (χ3v) is 3.38. The van der Waals surface area contributed by atoms with E-state index in [0.29, 0.717) is 27.8 Å². The first kappa shape index (κ1) is 14.2. The highest BCUT2D eigenvalue weighted by Gasteiger charge is 2.14. The molecule has 1 N–H and O–H groups in total. The molecule has 1 atom stereocenters. The van der Waals surface area contributed by atoms with Gasteiger partial charge in [0.1, 0.15) is 5.75 Å². The molecule has 0 heterocycles. The van der Waals surface area contributed by atoms with E-state index in [1.165, 1.54) is 0 Å². The lowest BCUT2D eigenvalue weighted by Crippen LogP contribution is -2.04. The molecule has 0 saturated heterocycles. The molecule has 2 nitrogen and oxygen atoms in total. The van der Waals surface area contributed by atoms with Gasteiger partial charge in [0.2, 0.25) is 0 Å². The molecule has 0 aliphatic rings. The van der Waals surface area contributed by atoms with E-state index in [1.807, 2.05) is 12.1 Å². The summed E-state index contributed by atoms with van der Waals surface area (Å²) in [7, 11) is 1.57. The lowest BCUT2D eigenvalue weighted by Gasteiger charge is -2.15. The Labute approximate surface area is 122 Å².